The first-order valence-electron chi connectivity index (χ1n) is 11.0. The van der Waals surface area contributed by atoms with E-state index in [0.717, 1.165) is 40.9 Å². The number of aryl methyl sites for hydroxylation is 1. The Morgan fingerprint density at radius 1 is 0.938 bits per heavy atom. The average Bonchev–Trinajstić information content (AvgIpc) is 2.79. The van der Waals surface area contributed by atoms with Gasteiger partial charge in [0.1, 0.15) is 11.5 Å². The molecule has 0 unspecified atom stereocenters. The van der Waals surface area contributed by atoms with Crippen molar-refractivity contribution in [2.75, 3.05) is 18.5 Å². The maximum Gasteiger partial charge on any atom is 0.255 e. The lowest BCUT2D eigenvalue weighted by Gasteiger charge is -2.11. The van der Waals surface area contributed by atoms with Gasteiger partial charge in [0.25, 0.3) is 5.91 Å². The third-order valence-corrected chi connectivity index (χ3v) is 5.60. The number of carbonyl (C=O) groups excluding carboxylic acids is 1. The van der Waals surface area contributed by atoms with Crippen LogP contribution in [0.15, 0.2) is 77.3 Å². The van der Waals surface area contributed by atoms with Gasteiger partial charge in [-0.05, 0) is 89.1 Å². The first-order chi connectivity index (χ1) is 15.5. The number of hydrogen-bond donors (Lipinski definition) is 1. The lowest BCUT2D eigenvalue weighted by Crippen LogP contribution is -2.12. The third-order valence-electron chi connectivity index (χ3n) is 4.98. The molecule has 0 aliphatic heterocycles. The minimum absolute atomic E-state index is 0.170. The first kappa shape index (κ1) is 23.9. The summed E-state index contributed by atoms with van der Waals surface area (Å²) in [7, 11) is 0. The molecule has 0 aliphatic rings. The molecule has 0 saturated heterocycles. The summed E-state index contributed by atoms with van der Waals surface area (Å²) in [5.74, 6) is 1.96. The van der Waals surface area contributed by atoms with Crippen molar-refractivity contribution in [3.63, 3.8) is 0 Å². The van der Waals surface area contributed by atoms with Crippen LogP contribution >= 0.6 is 15.9 Å². The van der Waals surface area contributed by atoms with Crippen molar-refractivity contribution in [2.45, 2.75) is 33.1 Å². The van der Waals surface area contributed by atoms with Gasteiger partial charge in [0, 0.05) is 11.3 Å². The van der Waals surface area contributed by atoms with Gasteiger partial charge < -0.3 is 14.8 Å². The quantitative estimate of drug-likeness (QED) is 0.287. The van der Waals surface area contributed by atoms with Crippen molar-refractivity contribution in [1.29, 1.82) is 0 Å². The van der Waals surface area contributed by atoms with Crippen molar-refractivity contribution in [3.8, 4) is 11.5 Å². The van der Waals surface area contributed by atoms with Crippen LogP contribution in [0, 0.1) is 5.92 Å². The molecule has 0 spiro atoms. The van der Waals surface area contributed by atoms with E-state index >= 15 is 0 Å². The Bertz CT molecular complexity index is 988. The van der Waals surface area contributed by atoms with E-state index in [1.165, 1.54) is 5.56 Å². The zero-order chi connectivity index (χ0) is 22.8. The summed E-state index contributed by atoms with van der Waals surface area (Å²) in [6.45, 7) is 5.63. The first-order valence-corrected chi connectivity index (χ1v) is 11.8. The highest BCUT2D eigenvalue weighted by Gasteiger charge is 2.10. The predicted octanol–water partition coefficient (Wildman–Crippen LogP) is 7.14. The standard InChI is InChI=1S/C27H30BrNO3/c1-20(2)16-18-32-26-15-10-22(19-25(26)28)27(30)29-23-11-13-24(14-12-23)31-17-6-9-21-7-4-3-5-8-21/h3-5,7-8,10-15,19-20H,6,9,16-18H2,1-2H3,(H,29,30). The summed E-state index contributed by atoms with van der Waals surface area (Å²) in [6.07, 6.45) is 2.93. The molecule has 0 aliphatic carbocycles. The molecule has 5 heteroatoms. The summed E-state index contributed by atoms with van der Waals surface area (Å²) >= 11 is 3.50. The van der Waals surface area contributed by atoms with Gasteiger partial charge in [-0.3, -0.25) is 4.79 Å². The highest BCUT2D eigenvalue weighted by molar-refractivity contribution is 9.10. The maximum atomic E-state index is 12.6. The van der Waals surface area contributed by atoms with Crippen LogP contribution in [-0.2, 0) is 6.42 Å². The topological polar surface area (TPSA) is 47.6 Å². The number of ether oxygens (including phenoxy) is 2. The average molecular weight is 496 g/mol. The van der Waals surface area contributed by atoms with Gasteiger partial charge in [-0.15, -0.1) is 0 Å². The summed E-state index contributed by atoms with van der Waals surface area (Å²) in [4.78, 5) is 12.6. The van der Waals surface area contributed by atoms with Gasteiger partial charge in [-0.2, -0.15) is 0 Å². The van der Waals surface area contributed by atoms with Crippen molar-refractivity contribution < 1.29 is 14.3 Å². The Balaban J connectivity index is 1.46. The molecule has 0 saturated carbocycles. The molecule has 3 aromatic rings. The van der Waals surface area contributed by atoms with Crippen LogP contribution in [0.3, 0.4) is 0 Å². The summed E-state index contributed by atoms with van der Waals surface area (Å²) in [6, 6.07) is 23.2. The molecule has 3 rings (SSSR count). The van der Waals surface area contributed by atoms with Gasteiger partial charge in [-0.1, -0.05) is 44.2 Å². The molecule has 4 nitrogen and oxygen atoms in total. The van der Waals surface area contributed by atoms with Crippen molar-refractivity contribution in [1.82, 2.24) is 0 Å². The van der Waals surface area contributed by atoms with E-state index in [1.807, 2.05) is 36.4 Å². The second-order valence-electron chi connectivity index (χ2n) is 8.09. The molecule has 0 radical (unpaired) electrons. The number of benzene rings is 3. The second-order valence-corrected chi connectivity index (χ2v) is 8.95. The molecule has 1 N–H and O–H groups in total. The van der Waals surface area contributed by atoms with Crippen LogP contribution in [0.5, 0.6) is 11.5 Å². The SMILES string of the molecule is CC(C)CCOc1ccc(C(=O)Nc2ccc(OCCCc3ccccc3)cc2)cc1Br. The highest BCUT2D eigenvalue weighted by atomic mass is 79.9. The van der Waals surface area contributed by atoms with Gasteiger partial charge in [-0.25, -0.2) is 0 Å². The summed E-state index contributed by atoms with van der Waals surface area (Å²) in [5.41, 5.74) is 2.60. The molecule has 1 amide bonds. The van der Waals surface area contributed by atoms with E-state index in [4.69, 9.17) is 9.47 Å². The van der Waals surface area contributed by atoms with Gasteiger partial charge in [0.15, 0.2) is 0 Å². The van der Waals surface area contributed by atoms with Crippen LogP contribution in [-0.4, -0.2) is 19.1 Å². The van der Waals surface area contributed by atoms with E-state index in [2.05, 4.69) is 59.4 Å². The Morgan fingerprint density at radius 2 is 1.69 bits per heavy atom. The minimum atomic E-state index is -0.170. The van der Waals surface area contributed by atoms with E-state index in [0.29, 0.717) is 24.7 Å². The molecule has 3 aromatic carbocycles. The number of anilines is 1. The predicted molar refractivity (Wildman–Crippen MR) is 134 cm³/mol. The molecule has 0 bridgehead atoms. The molecular weight excluding hydrogens is 466 g/mol. The largest absolute Gasteiger partial charge is 0.494 e. The number of halogens is 1. The second kappa shape index (κ2) is 12.3. The fourth-order valence-electron chi connectivity index (χ4n) is 3.11. The Labute approximate surface area is 199 Å². The van der Waals surface area contributed by atoms with E-state index in [9.17, 15) is 4.79 Å². The zero-order valence-electron chi connectivity index (χ0n) is 18.6. The van der Waals surface area contributed by atoms with Gasteiger partial charge >= 0.3 is 0 Å². The Kier molecular flexibility index (Phi) is 9.17. The number of rotatable bonds is 11. The summed E-state index contributed by atoms with van der Waals surface area (Å²) < 4.78 is 12.4. The maximum absolute atomic E-state index is 12.6. The number of nitrogens with one attached hydrogen (secondary N) is 1. The van der Waals surface area contributed by atoms with E-state index in [-0.39, 0.29) is 5.91 Å². The van der Waals surface area contributed by atoms with Crippen molar-refractivity contribution >= 4 is 27.5 Å². The lowest BCUT2D eigenvalue weighted by molar-refractivity contribution is 0.102. The lowest BCUT2D eigenvalue weighted by atomic mass is 10.1. The van der Waals surface area contributed by atoms with Crippen LogP contribution in [0.1, 0.15) is 42.6 Å². The number of hydrogen-bond acceptors (Lipinski definition) is 3. The molecule has 0 heterocycles. The molecule has 168 valence electrons. The fraction of sp³-hybridized carbons (Fsp3) is 0.296. The smallest absolute Gasteiger partial charge is 0.255 e. The summed E-state index contributed by atoms with van der Waals surface area (Å²) in [5, 5.41) is 2.92. The zero-order valence-corrected chi connectivity index (χ0v) is 20.2. The molecular formula is C27H30BrNO3. The Hall–Kier alpha value is -2.79. The van der Waals surface area contributed by atoms with E-state index in [1.54, 1.807) is 12.1 Å². The number of amides is 1. The monoisotopic (exact) mass is 495 g/mol. The minimum Gasteiger partial charge on any atom is -0.494 e. The van der Waals surface area contributed by atoms with E-state index < -0.39 is 0 Å². The van der Waals surface area contributed by atoms with Crippen LogP contribution in [0.2, 0.25) is 0 Å². The molecule has 0 fully saturated rings. The van der Waals surface area contributed by atoms with Crippen molar-refractivity contribution in [2.24, 2.45) is 5.92 Å². The van der Waals surface area contributed by atoms with Gasteiger partial charge in [0.2, 0.25) is 0 Å². The third kappa shape index (κ3) is 7.72. The molecule has 0 atom stereocenters. The van der Waals surface area contributed by atoms with Crippen LogP contribution in [0.4, 0.5) is 5.69 Å². The normalized spacial score (nSPS) is 10.8. The van der Waals surface area contributed by atoms with Crippen molar-refractivity contribution in [3.05, 3.63) is 88.4 Å². The molecule has 0 aromatic heterocycles. The van der Waals surface area contributed by atoms with Crippen LogP contribution in [0.25, 0.3) is 0 Å². The number of carbonyl (C=O) groups is 1. The highest BCUT2D eigenvalue weighted by Crippen LogP contribution is 2.27. The van der Waals surface area contributed by atoms with Gasteiger partial charge in [0.05, 0.1) is 17.7 Å². The Morgan fingerprint density at radius 3 is 2.38 bits per heavy atom. The van der Waals surface area contributed by atoms with Crippen LogP contribution < -0.4 is 14.8 Å². The molecule has 32 heavy (non-hydrogen) atoms. The fourth-order valence-corrected chi connectivity index (χ4v) is 3.61.